The van der Waals surface area contributed by atoms with E-state index in [-0.39, 0.29) is 5.91 Å². The molecular formula is C18H24N4O. The second kappa shape index (κ2) is 8.27. The van der Waals surface area contributed by atoms with Crippen LogP contribution in [0.3, 0.4) is 0 Å². The lowest BCUT2D eigenvalue weighted by Gasteiger charge is -2.10. The predicted octanol–water partition coefficient (Wildman–Crippen LogP) is 3.76. The summed E-state index contributed by atoms with van der Waals surface area (Å²) in [5.41, 5.74) is 3.64. The molecule has 1 aromatic heterocycles. The fourth-order valence-corrected chi connectivity index (χ4v) is 2.29. The van der Waals surface area contributed by atoms with E-state index >= 15 is 0 Å². The second-order valence-electron chi connectivity index (χ2n) is 5.67. The van der Waals surface area contributed by atoms with E-state index < -0.39 is 0 Å². The maximum atomic E-state index is 12.1. The lowest BCUT2D eigenvalue weighted by Crippen LogP contribution is -2.25. The van der Waals surface area contributed by atoms with Crippen LogP contribution in [-0.2, 0) is 0 Å². The first-order valence-corrected chi connectivity index (χ1v) is 8.05. The number of carbonyl (C=O) groups excluding carboxylic acids is 1. The fourth-order valence-electron chi connectivity index (χ4n) is 2.29. The van der Waals surface area contributed by atoms with Crippen molar-refractivity contribution in [1.29, 1.82) is 0 Å². The van der Waals surface area contributed by atoms with Gasteiger partial charge in [-0.25, -0.2) is 9.97 Å². The molecule has 0 aliphatic rings. The maximum absolute atomic E-state index is 12.1. The minimum atomic E-state index is -0.160. The Morgan fingerprint density at radius 1 is 1.17 bits per heavy atom. The predicted molar refractivity (Wildman–Crippen MR) is 93.1 cm³/mol. The average molecular weight is 312 g/mol. The van der Waals surface area contributed by atoms with Gasteiger partial charge in [0.1, 0.15) is 5.69 Å². The summed E-state index contributed by atoms with van der Waals surface area (Å²) in [5.74, 6) is 0.269. The molecule has 1 heterocycles. The van der Waals surface area contributed by atoms with Crippen LogP contribution in [0.25, 0.3) is 0 Å². The lowest BCUT2D eigenvalue weighted by molar-refractivity contribution is 0.0948. The highest BCUT2D eigenvalue weighted by Gasteiger charge is 2.09. The van der Waals surface area contributed by atoms with E-state index in [0.29, 0.717) is 18.2 Å². The number of amides is 1. The van der Waals surface area contributed by atoms with Crippen molar-refractivity contribution in [3.05, 3.63) is 47.3 Å². The summed E-state index contributed by atoms with van der Waals surface area (Å²) in [5, 5.41) is 6.06. The van der Waals surface area contributed by atoms with Crippen LogP contribution in [0.4, 0.5) is 11.6 Å². The molecular weight excluding hydrogens is 288 g/mol. The summed E-state index contributed by atoms with van der Waals surface area (Å²) >= 11 is 0. The third kappa shape index (κ3) is 5.06. The third-order valence-corrected chi connectivity index (χ3v) is 3.58. The number of nitrogens with zero attached hydrogens (tertiary/aromatic N) is 2. The number of unbranched alkanes of at least 4 members (excludes halogenated alkanes) is 2. The number of rotatable bonds is 7. The quantitative estimate of drug-likeness (QED) is 0.764. The van der Waals surface area contributed by atoms with Crippen LogP contribution >= 0.6 is 0 Å². The van der Waals surface area contributed by atoms with Gasteiger partial charge in [-0.05, 0) is 38.0 Å². The van der Waals surface area contributed by atoms with E-state index in [0.717, 1.165) is 30.5 Å². The number of carbonyl (C=O) groups is 1. The first-order valence-electron chi connectivity index (χ1n) is 8.05. The molecule has 2 N–H and O–H groups in total. The van der Waals surface area contributed by atoms with Crippen molar-refractivity contribution in [2.24, 2.45) is 0 Å². The topological polar surface area (TPSA) is 66.9 Å². The molecule has 1 aromatic carbocycles. The summed E-state index contributed by atoms with van der Waals surface area (Å²) in [6.45, 7) is 6.89. The zero-order valence-corrected chi connectivity index (χ0v) is 14.0. The highest BCUT2D eigenvalue weighted by atomic mass is 16.1. The summed E-state index contributed by atoms with van der Waals surface area (Å²) in [7, 11) is 0. The van der Waals surface area contributed by atoms with Crippen molar-refractivity contribution in [2.75, 3.05) is 11.9 Å². The summed E-state index contributed by atoms with van der Waals surface area (Å²) in [4.78, 5) is 20.6. The molecule has 0 aliphatic heterocycles. The molecule has 0 fully saturated rings. The van der Waals surface area contributed by atoms with Crippen molar-refractivity contribution in [2.45, 2.75) is 40.0 Å². The number of hydrogen-bond acceptors (Lipinski definition) is 4. The van der Waals surface area contributed by atoms with Crippen molar-refractivity contribution in [3.8, 4) is 0 Å². The van der Waals surface area contributed by atoms with Gasteiger partial charge in [0.2, 0.25) is 5.95 Å². The van der Waals surface area contributed by atoms with Gasteiger partial charge in [0, 0.05) is 18.4 Å². The van der Waals surface area contributed by atoms with E-state index in [4.69, 9.17) is 0 Å². The molecule has 0 saturated heterocycles. The van der Waals surface area contributed by atoms with E-state index in [2.05, 4.69) is 40.5 Å². The van der Waals surface area contributed by atoms with Crippen LogP contribution in [0, 0.1) is 13.8 Å². The molecule has 1 amide bonds. The Morgan fingerprint density at radius 2 is 2.00 bits per heavy atom. The number of aryl methyl sites for hydroxylation is 2. The van der Waals surface area contributed by atoms with Gasteiger partial charge in [0.15, 0.2) is 0 Å². The SMILES string of the molecule is CCCCCNC(=O)c1ccnc(Nc2ccc(C)cc2C)n1. The lowest BCUT2D eigenvalue weighted by atomic mass is 10.1. The Labute approximate surface area is 137 Å². The molecule has 0 spiro atoms. The first kappa shape index (κ1) is 16.9. The number of anilines is 2. The van der Waals surface area contributed by atoms with Gasteiger partial charge in [-0.15, -0.1) is 0 Å². The van der Waals surface area contributed by atoms with E-state index in [1.807, 2.05) is 19.1 Å². The third-order valence-electron chi connectivity index (χ3n) is 3.58. The van der Waals surface area contributed by atoms with Crippen molar-refractivity contribution in [1.82, 2.24) is 15.3 Å². The van der Waals surface area contributed by atoms with Gasteiger partial charge in [0.25, 0.3) is 5.91 Å². The van der Waals surface area contributed by atoms with Gasteiger partial charge < -0.3 is 10.6 Å². The van der Waals surface area contributed by atoms with Crippen LogP contribution in [0.2, 0.25) is 0 Å². The molecule has 122 valence electrons. The standard InChI is InChI=1S/C18H24N4O/c1-4-5-6-10-19-17(23)16-9-11-20-18(22-16)21-15-8-7-13(2)12-14(15)3/h7-9,11-12H,4-6,10H2,1-3H3,(H,19,23)(H,20,21,22). The normalized spacial score (nSPS) is 10.4. The van der Waals surface area contributed by atoms with E-state index in [1.165, 1.54) is 5.56 Å². The molecule has 0 saturated carbocycles. The summed E-state index contributed by atoms with van der Waals surface area (Å²) < 4.78 is 0. The molecule has 0 radical (unpaired) electrons. The smallest absolute Gasteiger partial charge is 0.270 e. The maximum Gasteiger partial charge on any atom is 0.270 e. The van der Waals surface area contributed by atoms with E-state index in [1.54, 1.807) is 12.3 Å². The summed E-state index contributed by atoms with van der Waals surface area (Å²) in [6, 6.07) is 7.74. The Bertz CT molecular complexity index is 670. The highest BCUT2D eigenvalue weighted by Crippen LogP contribution is 2.19. The number of hydrogen-bond donors (Lipinski definition) is 2. The van der Waals surface area contributed by atoms with Crippen LogP contribution in [0.15, 0.2) is 30.5 Å². The number of aromatic nitrogens is 2. The molecule has 2 aromatic rings. The Morgan fingerprint density at radius 3 is 2.74 bits per heavy atom. The Balaban J connectivity index is 2.03. The summed E-state index contributed by atoms with van der Waals surface area (Å²) in [6.07, 6.45) is 4.83. The molecule has 23 heavy (non-hydrogen) atoms. The minimum absolute atomic E-state index is 0.160. The monoisotopic (exact) mass is 312 g/mol. The van der Waals surface area contributed by atoms with Crippen LogP contribution in [0.1, 0.15) is 47.8 Å². The number of benzene rings is 1. The fraction of sp³-hybridized carbons (Fsp3) is 0.389. The molecule has 0 atom stereocenters. The van der Waals surface area contributed by atoms with Gasteiger partial charge in [0.05, 0.1) is 0 Å². The molecule has 0 unspecified atom stereocenters. The molecule has 5 nitrogen and oxygen atoms in total. The van der Waals surface area contributed by atoms with Gasteiger partial charge in [-0.3, -0.25) is 4.79 Å². The van der Waals surface area contributed by atoms with Crippen LogP contribution in [0.5, 0.6) is 0 Å². The molecule has 0 bridgehead atoms. The number of nitrogens with one attached hydrogen (secondary N) is 2. The molecule has 2 rings (SSSR count). The average Bonchev–Trinajstić information content (AvgIpc) is 2.54. The van der Waals surface area contributed by atoms with Gasteiger partial charge in [-0.1, -0.05) is 37.5 Å². The molecule has 0 aliphatic carbocycles. The van der Waals surface area contributed by atoms with Crippen LogP contribution in [-0.4, -0.2) is 22.4 Å². The van der Waals surface area contributed by atoms with E-state index in [9.17, 15) is 4.79 Å². The Kier molecular flexibility index (Phi) is 6.09. The van der Waals surface area contributed by atoms with Crippen molar-refractivity contribution in [3.63, 3.8) is 0 Å². The highest BCUT2D eigenvalue weighted by molar-refractivity contribution is 5.92. The van der Waals surface area contributed by atoms with Gasteiger partial charge >= 0.3 is 0 Å². The second-order valence-corrected chi connectivity index (χ2v) is 5.67. The van der Waals surface area contributed by atoms with Crippen LogP contribution < -0.4 is 10.6 Å². The first-order chi connectivity index (χ1) is 11.1. The Hall–Kier alpha value is -2.43. The zero-order chi connectivity index (χ0) is 16.7. The largest absolute Gasteiger partial charge is 0.351 e. The van der Waals surface area contributed by atoms with Gasteiger partial charge in [-0.2, -0.15) is 0 Å². The zero-order valence-electron chi connectivity index (χ0n) is 14.0. The van der Waals surface area contributed by atoms with Crippen molar-refractivity contribution < 1.29 is 4.79 Å². The minimum Gasteiger partial charge on any atom is -0.351 e. The molecule has 5 heteroatoms. The van der Waals surface area contributed by atoms with Crippen molar-refractivity contribution >= 4 is 17.5 Å².